The van der Waals surface area contributed by atoms with E-state index in [-0.39, 0.29) is 11.7 Å². The molecule has 8 heteroatoms. The number of ether oxygens (including phenoxy) is 1. The van der Waals surface area contributed by atoms with E-state index in [0.717, 1.165) is 47.3 Å². The van der Waals surface area contributed by atoms with Crippen LogP contribution in [-0.2, 0) is 4.74 Å². The lowest BCUT2D eigenvalue weighted by Gasteiger charge is -2.37. The van der Waals surface area contributed by atoms with Gasteiger partial charge in [0, 0.05) is 23.8 Å². The van der Waals surface area contributed by atoms with Crippen LogP contribution in [-0.4, -0.2) is 45.0 Å². The van der Waals surface area contributed by atoms with Crippen molar-refractivity contribution in [3.05, 3.63) is 52.9 Å². The van der Waals surface area contributed by atoms with Gasteiger partial charge in [-0.25, -0.2) is 4.98 Å². The highest BCUT2D eigenvalue weighted by atomic mass is 16.5. The van der Waals surface area contributed by atoms with Gasteiger partial charge in [0.1, 0.15) is 11.2 Å². The summed E-state index contributed by atoms with van der Waals surface area (Å²) in [5.74, 6) is 1.58. The molecule has 2 fully saturated rings. The maximum absolute atomic E-state index is 12.8. The van der Waals surface area contributed by atoms with Crippen molar-refractivity contribution in [1.29, 1.82) is 0 Å². The highest BCUT2D eigenvalue weighted by Gasteiger charge is 2.25. The number of morpholine rings is 1. The molecule has 2 atom stereocenters. The molecule has 1 saturated heterocycles. The molecule has 1 aliphatic carbocycles. The standard InChI is InChI=1S/C27H32N6O2/c1-17-16-35-18(2)15-32(17)24-11-8-19-14-20(9-10-22(19)30-24)29-26-25-23(12-13-28-27(25)34)33(31-26)21-6-4-3-5-7-21/h8-14,17-18,21H,3-7,15-16H2,1-2H3,(H,28,34)(H,29,31)/t17?,18-/m0/s1. The third kappa shape index (κ3) is 4.16. The first-order valence-electron chi connectivity index (χ1n) is 12.7. The van der Waals surface area contributed by atoms with Gasteiger partial charge in [-0.1, -0.05) is 19.3 Å². The van der Waals surface area contributed by atoms with E-state index in [2.05, 4.69) is 51.9 Å². The average molecular weight is 473 g/mol. The fraction of sp³-hybridized carbons (Fsp3) is 0.444. The van der Waals surface area contributed by atoms with Gasteiger partial charge in [0.2, 0.25) is 0 Å². The monoisotopic (exact) mass is 472 g/mol. The summed E-state index contributed by atoms with van der Waals surface area (Å²) in [6.45, 7) is 5.82. The fourth-order valence-corrected chi connectivity index (χ4v) is 5.50. The second-order valence-electron chi connectivity index (χ2n) is 10.00. The van der Waals surface area contributed by atoms with Gasteiger partial charge in [-0.05, 0) is 63.1 Å². The van der Waals surface area contributed by atoms with Crippen LogP contribution in [0, 0.1) is 0 Å². The van der Waals surface area contributed by atoms with E-state index < -0.39 is 0 Å². The van der Waals surface area contributed by atoms with E-state index in [1.54, 1.807) is 6.20 Å². The molecule has 1 aliphatic heterocycles. The summed E-state index contributed by atoms with van der Waals surface area (Å²) in [6.07, 6.45) is 7.81. The molecular weight excluding hydrogens is 440 g/mol. The molecule has 1 saturated carbocycles. The zero-order valence-corrected chi connectivity index (χ0v) is 20.3. The summed E-state index contributed by atoms with van der Waals surface area (Å²) >= 11 is 0. The molecule has 182 valence electrons. The Hall–Kier alpha value is -3.39. The average Bonchev–Trinajstić information content (AvgIpc) is 3.25. The summed E-state index contributed by atoms with van der Waals surface area (Å²) in [4.78, 5) is 22.8. The highest BCUT2D eigenvalue weighted by molar-refractivity contribution is 5.92. The number of fused-ring (bicyclic) bond motifs is 2. The minimum absolute atomic E-state index is 0.118. The van der Waals surface area contributed by atoms with Crippen LogP contribution >= 0.6 is 0 Å². The molecule has 3 aromatic heterocycles. The van der Waals surface area contributed by atoms with Crippen molar-refractivity contribution in [3.63, 3.8) is 0 Å². The number of nitrogens with one attached hydrogen (secondary N) is 2. The smallest absolute Gasteiger partial charge is 0.261 e. The maximum Gasteiger partial charge on any atom is 0.261 e. The lowest BCUT2D eigenvalue weighted by atomic mass is 9.95. The largest absolute Gasteiger partial charge is 0.375 e. The Kier molecular flexibility index (Phi) is 5.68. The highest BCUT2D eigenvalue weighted by Crippen LogP contribution is 2.33. The van der Waals surface area contributed by atoms with E-state index >= 15 is 0 Å². The second kappa shape index (κ2) is 9.00. The van der Waals surface area contributed by atoms with Crippen molar-refractivity contribution in [2.45, 2.75) is 64.1 Å². The molecule has 8 nitrogen and oxygen atoms in total. The molecule has 0 bridgehead atoms. The van der Waals surface area contributed by atoms with Crippen LogP contribution in [0.5, 0.6) is 0 Å². The van der Waals surface area contributed by atoms with Gasteiger partial charge in [-0.3, -0.25) is 9.48 Å². The Morgan fingerprint density at radius 3 is 2.80 bits per heavy atom. The van der Waals surface area contributed by atoms with Crippen LogP contribution < -0.4 is 15.8 Å². The first-order valence-corrected chi connectivity index (χ1v) is 12.7. The summed E-state index contributed by atoms with van der Waals surface area (Å²) in [7, 11) is 0. The Morgan fingerprint density at radius 2 is 1.94 bits per heavy atom. The van der Waals surface area contributed by atoms with Crippen LogP contribution in [0.15, 0.2) is 47.4 Å². The minimum Gasteiger partial charge on any atom is -0.375 e. The Balaban J connectivity index is 1.32. The van der Waals surface area contributed by atoms with Crippen molar-refractivity contribution in [1.82, 2.24) is 19.7 Å². The summed E-state index contributed by atoms with van der Waals surface area (Å²) < 4.78 is 7.83. The number of H-pyrrole nitrogens is 1. The van der Waals surface area contributed by atoms with Crippen molar-refractivity contribution in [3.8, 4) is 0 Å². The van der Waals surface area contributed by atoms with Crippen molar-refractivity contribution < 1.29 is 4.74 Å². The molecular formula is C27H32N6O2. The van der Waals surface area contributed by atoms with Crippen LogP contribution in [0.25, 0.3) is 21.8 Å². The van der Waals surface area contributed by atoms with Gasteiger partial charge >= 0.3 is 0 Å². The van der Waals surface area contributed by atoms with Gasteiger partial charge in [0.15, 0.2) is 5.82 Å². The Labute approximate surface area is 204 Å². The molecule has 0 radical (unpaired) electrons. The number of hydrogen-bond donors (Lipinski definition) is 2. The maximum atomic E-state index is 12.8. The van der Waals surface area contributed by atoms with Gasteiger partial charge in [-0.15, -0.1) is 0 Å². The molecule has 1 aromatic carbocycles. The second-order valence-corrected chi connectivity index (χ2v) is 10.00. The number of aromatic nitrogens is 4. The van der Waals surface area contributed by atoms with Crippen molar-refractivity contribution in [2.24, 2.45) is 0 Å². The van der Waals surface area contributed by atoms with Gasteiger partial charge in [-0.2, -0.15) is 5.10 Å². The Morgan fingerprint density at radius 1 is 1.09 bits per heavy atom. The molecule has 2 N–H and O–H groups in total. The summed E-state index contributed by atoms with van der Waals surface area (Å²) in [6, 6.07) is 12.9. The number of nitrogens with zero attached hydrogens (tertiary/aromatic N) is 4. The molecule has 2 aliphatic rings. The zero-order chi connectivity index (χ0) is 23.9. The number of hydrogen-bond acceptors (Lipinski definition) is 6. The van der Waals surface area contributed by atoms with Gasteiger partial charge < -0.3 is 19.9 Å². The quantitative estimate of drug-likeness (QED) is 0.428. The molecule has 0 amide bonds. The van der Waals surface area contributed by atoms with Crippen molar-refractivity contribution >= 4 is 39.1 Å². The summed E-state index contributed by atoms with van der Waals surface area (Å²) in [5.41, 5.74) is 2.60. The van der Waals surface area contributed by atoms with E-state index in [4.69, 9.17) is 14.8 Å². The van der Waals surface area contributed by atoms with E-state index in [0.29, 0.717) is 29.9 Å². The van der Waals surface area contributed by atoms with Crippen molar-refractivity contribution in [2.75, 3.05) is 23.4 Å². The number of rotatable bonds is 4. The SMILES string of the molecule is CC1CO[C@@H](C)CN1c1ccc2cc(Nc3nn(C4CCCCC4)c4cc[nH]c(=O)c34)ccc2n1. The van der Waals surface area contributed by atoms with Gasteiger partial charge in [0.05, 0.1) is 35.8 Å². The topological polar surface area (TPSA) is 88.1 Å². The normalized spacial score (nSPS) is 21.6. The lowest BCUT2D eigenvalue weighted by Crippen LogP contribution is -2.47. The zero-order valence-electron chi connectivity index (χ0n) is 20.3. The lowest BCUT2D eigenvalue weighted by molar-refractivity contribution is 0.0341. The third-order valence-corrected chi connectivity index (χ3v) is 7.39. The number of aromatic amines is 1. The summed E-state index contributed by atoms with van der Waals surface area (Å²) in [5, 5.41) is 9.97. The van der Waals surface area contributed by atoms with E-state index in [1.165, 1.54) is 19.3 Å². The molecule has 35 heavy (non-hydrogen) atoms. The van der Waals surface area contributed by atoms with Crippen LogP contribution in [0.1, 0.15) is 52.0 Å². The Bertz CT molecular complexity index is 1420. The first-order chi connectivity index (χ1) is 17.1. The third-order valence-electron chi connectivity index (χ3n) is 7.39. The fourth-order valence-electron chi connectivity index (χ4n) is 5.50. The van der Waals surface area contributed by atoms with Crippen LogP contribution in [0.3, 0.4) is 0 Å². The molecule has 4 heterocycles. The van der Waals surface area contributed by atoms with E-state index in [1.807, 2.05) is 18.2 Å². The van der Waals surface area contributed by atoms with Crippen LogP contribution in [0.2, 0.25) is 0 Å². The minimum atomic E-state index is -0.118. The molecule has 1 unspecified atom stereocenters. The predicted molar refractivity (Wildman–Crippen MR) is 140 cm³/mol. The van der Waals surface area contributed by atoms with Crippen LogP contribution in [0.4, 0.5) is 17.3 Å². The van der Waals surface area contributed by atoms with Gasteiger partial charge in [0.25, 0.3) is 5.56 Å². The molecule has 0 spiro atoms. The first kappa shape index (κ1) is 22.1. The molecule has 6 rings (SSSR count). The number of pyridine rings is 2. The number of anilines is 3. The predicted octanol–water partition coefficient (Wildman–Crippen LogP) is 5.14. The molecule has 4 aromatic rings. The number of benzene rings is 1. The van der Waals surface area contributed by atoms with E-state index in [9.17, 15) is 4.79 Å².